The second-order valence-corrected chi connectivity index (χ2v) is 5.51. The average molecular weight is 288 g/mol. The molecule has 6 heteroatoms. The van der Waals surface area contributed by atoms with Crippen LogP contribution in [-0.4, -0.2) is 51.8 Å². The van der Waals surface area contributed by atoms with Gasteiger partial charge in [-0.2, -0.15) is 0 Å². The van der Waals surface area contributed by atoms with Crippen LogP contribution in [0.4, 0.5) is 0 Å². The van der Waals surface area contributed by atoms with Gasteiger partial charge in [-0.3, -0.25) is 24.2 Å². The van der Waals surface area contributed by atoms with Crippen LogP contribution in [-0.2, 0) is 27.3 Å². The first kappa shape index (κ1) is 13.8. The molecule has 3 rings (SSSR count). The first-order valence-corrected chi connectivity index (χ1v) is 6.84. The molecule has 0 aromatic heterocycles. The van der Waals surface area contributed by atoms with Crippen molar-refractivity contribution in [1.82, 2.24) is 9.80 Å². The van der Waals surface area contributed by atoms with E-state index in [4.69, 9.17) is 0 Å². The van der Waals surface area contributed by atoms with E-state index < -0.39 is 18.1 Å². The van der Waals surface area contributed by atoms with Crippen LogP contribution in [0, 0.1) is 0 Å². The Morgan fingerprint density at radius 1 is 1.19 bits per heavy atom. The van der Waals surface area contributed by atoms with Gasteiger partial charge in [-0.15, -0.1) is 0 Å². The third-order valence-electron chi connectivity index (χ3n) is 4.33. The van der Waals surface area contributed by atoms with E-state index in [0.717, 1.165) is 16.0 Å². The van der Waals surface area contributed by atoms with Crippen molar-refractivity contribution in [2.45, 2.75) is 31.5 Å². The van der Waals surface area contributed by atoms with Crippen LogP contribution in [0.15, 0.2) is 24.3 Å². The topological polar surface area (TPSA) is 77.9 Å². The number of carbonyl (C=O) groups excluding carboxylic acids is 2. The second-order valence-electron chi connectivity index (χ2n) is 5.51. The fraction of sp³-hybridized carbons (Fsp3) is 0.400. The van der Waals surface area contributed by atoms with Gasteiger partial charge in [0.05, 0.1) is 12.5 Å². The van der Waals surface area contributed by atoms with E-state index in [1.54, 1.807) is 4.90 Å². The summed E-state index contributed by atoms with van der Waals surface area (Å²) < 4.78 is 0. The number of nitrogens with zero attached hydrogens (tertiary/aromatic N) is 2. The van der Waals surface area contributed by atoms with Crippen molar-refractivity contribution in [1.29, 1.82) is 0 Å². The van der Waals surface area contributed by atoms with Crippen molar-refractivity contribution >= 4 is 17.8 Å². The third kappa shape index (κ3) is 2.21. The molecule has 2 heterocycles. The summed E-state index contributed by atoms with van der Waals surface area (Å²) in [7, 11) is 1.44. The number of likely N-dealkylation sites (tertiary alicyclic amines) is 1. The molecule has 2 amide bonds. The lowest BCUT2D eigenvalue weighted by atomic mass is 9.92. The van der Waals surface area contributed by atoms with Crippen LogP contribution in [0.1, 0.15) is 17.5 Å². The minimum atomic E-state index is -0.959. The van der Waals surface area contributed by atoms with Crippen molar-refractivity contribution in [3.05, 3.63) is 35.4 Å². The molecule has 21 heavy (non-hydrogen) atoms. The molecule has 1 aromatic rings. The van der Waals surface area contributed by atoms with Crippen LogP contribution in [0.2, 0.25) is 0 Å². The summed E-state index contributed by atoms with van der Waals surface area (Å²) in [5.41, 5.74) is 2.01. The van der Waals surface area contributed by atoms with E-state index in [-0.39, 0.29) is 18.2 Å². The highest BCUT2D eigenvalue weighted by molar-refractivity contribution is 6.05. The monoisotopic (exact) mass is 288 g/mol. The quantitative estimate of drug-likeness (QED) is 0.790. The molecule has 1 N–H and O–H groups in total. The summed E-state index contributed by atoms with van der Waals surface area (Å²) >= 11 is 0. The zero-order valence-electron chi connectivity index (χ0n) is 11.7. The Kier molecular flexibility index (Phi) is 3.25. The average Bonchev–Trinajstić information content (AvgIpc) is 2.73. The molecule has 6 nitrogen and oxygen atoms in total. The van der Waals surface area contributed by atoms with Crippen molar-refractivity contribution in [3.63, 3.8) is 0 Å². The summed E-state index contributed by atoms with van der Waals surface area (Å²) in [5.74, 6) is -1.53. The van der Waals surface area contributed by atoms with Crippen molar-refractivity contribution < 1.29 is 19.5 Å². The van der Waals surface area contributed by atoms with E-state index >= 15 is 0 Å². The lowest BCUT2D eigenvalue weighted by Gasteiger charge is -2.37. The van der Waals surface area contributed by atoms with Gasteiger partial charge in [-0.1, -0.05) is 24.3 Å². The van der Waals surface area contributed by atoms with Crippen LogP contribution in [0.25, 0.3) is 0 Å². The number of aliphatic carboxylic acids is 1. The number of hydrogen-bond donors (Lipinski definition) is 1. The molecular formula is C15H16N2O4. The highest BCUT2D eigenvalue weighted by Gasteiger charge is 2.45. The zero-order valence-corrected chi connectivity index (χ0v) is 11.7. The van der Waals surface area contributed by atoms with Crippen LogP contribution < -0.4 is 0 Å². The fourth-order valence-electron chi connectivity index (χ4n) is 3.10. The lowest BCUT2D eigenvalue weighted by molar-refractivity contribution is -0.146. The summed E-state index contributed by atoms with van der Waals surface area (Å²) in [6.45, 7) is 0.380. The standard InChI is InChI=1S/C15H16N2O4/c1-16-13(18)7-11(14(16)19)17-8-10-5-3-2-4-9(10)6-12(17)15(20)21/h2-5,11-12H,6-8H2,1H3,(H,20,21). The number of benzene rings is 1. The smallest absolute Gasteiger partial charge is 0.321 e. The van der Waals surface area contributed by atoms with Crippen molar-refractivity contribution in [2.24, 2.45) is 0 Å². The molecular weight excluding hydrogens is 272 g/mol. The van der Waals surface area contributed by atoms with E-state index in [1.807, 2.05) is 24.3 Å². The Hall–Kier alpha value is -2.21. The number of fused-ring (bicyclic) bond motifs is 1. The molecule has 2 aliphatic heterocycles. The predicted molar refractivity (Wildman–Crippen MR) is 73.3 cm³/mol. The molecule has 1 fully saturated rings. The number of carboxylic acid groups (broad SMARTS) is 1. The van der Waals surface area contributed by atoms with Crippen LogP contribution >= 0.6 is 0 Å². The number of carbonyl (C=O) groups is 3. The van der Waals surface area contributed by atoms with Crippen LogP contribution in [0.5, 0.6) is 0 Å². The van der Waals surface area contributed by atoms with E-state index in [0.29, 0.717) is 13.0 Å². The van der Waals surface area contributed by atoms with Gasteiger partial charge in [-0.05, 0) is 17.5 Å². The SMILES string of the molecule is CN1C(=O)CC(N2Cc3ccccc3CC2C(=O)O)C1=O. The zero-order chi connectivity index (χ0) is 15.1. The highest BCUT2D eigenvalue weighted by Crippen LogP contribution is 2.29. The Labute approximate surface area is 122 Å². The van der Waals surface area contributed by atoms with Gasteiger partial charge in [0.25, 0.3) is 0 Å². The minimum Gasteiger partial charge on any atom is -0.480 e. The molecule has 0 bridgehead atoms. The number of rotatable bonds is 2. The maximum atomic E-state index is 12.2. The third-order valence-corrected chi connectivity index (χ3v) is 4.33. The lowest BCUT2D eigenvalue weighted by Crippen LogP contribution is -2.52. The van der Waals surface area contributed by atoms with E-state index in [2.05, 4.69) is 0 Å². The van der Waals surface area contributed by atoms with Crippen LogP contribution in [0.3, 0.4) is 0 Å². The first-order chi connectivity index (χ1) is 9.99. The molecule has 0 radical (unpaired) electrons. The maximum Gasteiger partial charge on any atom is 0.321 e. The van der Waals surface area contributed by atoms with Gasteiger partial charge in [0.15, 0.2) is 0 Å². The largest absolute Gasteiger partial charge is 0.480 e. The molecule has 0 aliphatic carbocycles. The number of hydrogen-bond acceptors (Lipinski definition) is 4. The summed E-state index contributed by atoms with van der Waals surface area (Å²) in [6, 6.07) is 6.18. The Morgan fingerprint density at radius 2 is 1.86 bits per heavy atom. The number of amides is 2. The first-order valence-electron chi connectivity index (χ1n) is 6.84. The minimum absolute atomic E-state index is 0.0568. The van der Waals surface area contributed by atoms with Crippen molar-refractivity contribution in [2.75, 3.05) is 7.05 Å². The number of carboxylic acids is 1. The molecule has 0 saturated carbocycles. The molecule has 2 aliphatic rings. The van der Waals surface area contributed by atoms with Gasteiger partial charge >= 0.3 is 5.97 Å². The van der Waals surface area contributed by atoms with E-state index in [1.165, 1.54) is 7.05 Å². The summed E-state index contributed by atoms with van der Waals surface area (Å²) in [5, 5.41) is 9.46. The summed E-state index contributed by atoms with van der Waals surface area (Å²) in [6.07, 6.45) is 0.411. The predicted octanol–water partition coefficient (Wildman–Crippen LogP) is 0.255. The molecule has 110 valence electrons. The number of imide groups is 1. The summed E-state index contributed by atoms with van der Waals surface area (Å²) in [4.78, 5) is 38.1. The second kappa shape index (κ2) is 4.96. The normalized spacial score (nSPS) is 26.0. The van der Waals surface area contributed by atoms with Gasteiger partial charge in [0.2, 0.25) is 11.8 Å². The molecule has 0 spiro atoms. The van der Waals surface area contributed by atoms with Gasteiger partial charge in [0.1, 0.15) is 6.04 Å². The Balaban J connectivity index is 1.95. The molecule has 2 atom stereocenters. The molecule has 1 aromatic carbocycles. The Bertz CT molecular complexity index is 628. The maximum absolute atomic E-state index is 12.2. The van der Waals surface area contributed by atoms with E-state index in [9.17, 15) is 19.5 Å². The van der Waals surface area contributed by atoms with Gasteiger partial charge < -0.3 is 5.11 Å². The van der Waals surface area contributed by atoms with Gasteiger partial charge in [-0.25, -0.2) is 0 Å². The molecule has 2 unspecified atom stereocenters. The fourth-order valence-corrected chi connectivity index (χ4v) is 3.10. The number of likely N-dealkylation sites (N-methyl/N-ethyl adjacent to an activating group) is 1. The Morgan fingerprint density at radius 3 is 2.43 bits per heavy atom. The highest BCUT2D eigenvalue weighted by atomic mass is 16.4. The van der Waals surface area contributed by atoms with Crippen molar-refractivity contribution in [3.8, 4) is 0 Å². The van der Waals surface area contributed by atoms with Gasteiger partial charge in [0, 0.05) is 13.6 Å². The molecule has 1 saturated heterocycles.